The Balaban J connectivity index is 2.15. The maximum Gasteiger partial charge on any atom is 0.124 e. The SMILES string of the molecule is COc1ccc(N(c2ccc(F)cc2)c2cc(OC)cc(OC)c2)cc1. The van der Waals surface area contributed by atoms with E-state index in [4.69, 9.17) is 14.2 Å². The van der Waals surface area contributed by atoms with E-state index in [1.165, 1.54) is 12.1 Å². The Morgan fingerprint density at radius 2 is 1.04 bits per heavy atom. The monoisotopic (exact) mass is 353 g/mol. The van der Waals surface area contributed by atoms with Crippen LogP contribution in [0.1, 0.15) is 0 Å². The highest BCUT2D eigenvalue weighted by Gasteiger charge is 2.15. The number of methoxy groups -OCH3 is 3. The molecule has 3 rings (SSSR count). The zero-order chi connectivity index (χ0) is 18.5. The molecular weight excluding hydrogens is 333 g/mol. The summed E-state index contributed by atoms with van der Waals surface area (Å²) in [5.41, 5.74) is 2.54. The fraction of sp³-hybridized carbons (Fsp3) is 0.143. The fourth-order valence-corrected chi connectivity index (χ4v) is 2.69. The molecule has 0 heterocycles. The molecule has 5 heteroatoms. The number of hydrogen-bond acceptors (Lipinski definition) is 4. The highest BCUT2D eigenvalue weighted by molar-refractivity contribution is 5.78. The second-order valence-electron chi connectivity index (χ2n) is 5.58. The van der Waals surface area contributed by atoms with Crippen LogP contribution >= 0.6 is 0 Å². The van der Waals surface area contributed by atoms with E-state index in [1.807, 2.05) is 41.3 Å². The van der Waals surface area contributed by atoms with Crippen molar-refractivity contribution < 1.29 is 18.6 Å². The molecule has 0 spiro atoms. The molecule has 0 saturated carbocycles. The van der Waals surface area contributed by atoms with Crippen molar-refractivity contribution in [1.29, 1.82) is 0 Å². The lowest BCUT2D eigenvalue weighted by Gasteiger charge is -2.26. The van der Waals surface area contributed by atoms with Gasteiger partial charge in [0.1, 0.15) is 23.1 Å². The highest BCUT2D eigenvalue weighted by Crippen LogP contribution is 2.39. The minimum atomic E-state index is -0.286. The van der Waals surface area contributed by atoms with E-state index >= 15 is 0 Å². The van der Waals surface area contributed by atoms with E-state index in [0.717, 1.165) is 22.8 Å². The quantitative estimate of drug-likeness (QED) is 0.600. The Morgan fingerprint density at radius 3 is 1.50 bits per heavy atom. The lowest BCUT2D eigenvalue weighted by atomic mass is 10.1. The molecule has 4 nitrogen and oxygen atoms in total. The van der Waals surface area contributed by atoms with Gasteiger partial charge in [-0.2, -0.15) is 0 Å². The van der Waals surface area contributed by atoms with Crippen molar-refractivity contribution in [3.8, 4) is 17.2 Å². The molecule has 0 aliphatic rings. The van der Waals surface area contributed by atoms with Gasteiger partial charge in [0.15, 0.2) is 0 Å². The van der Waals surface area contributed by atoms with Crippen LogP contribution in [0, 0.1) is 5.82 Å². The molecular formula is C21H20FNO3. The molecule has 0 aromatic heterocycles. The predicted octanol–water partition coefficient (Wildman–Crippen LogP) is 5.32. The van der Waals surface area contributed by atoms with Gasteiger partial charge >= 0.3 is 0 Å². The second kappa shape index (κ2) is 7.78. The van der Waals surface area contributed by atoms with Crippen molar-refractivity contribution in [2.24, 2.45) is 0 Å². The summed E-state index contributed by atoms with van der Waals surface area (Å²) in [6.45, 7) is 0. The van der Waals surface area contributed by atoms with Gasteiger partial charge in [-0.05, 0) is 48.5 Å². The van der Waals surface area contributed by atoms with Gasteiger partial charge in [-0.3, -0.25) is 0 Å². The van der Waals surface area contributed by atoms with E-state index in [-0.39, 0.29) is 5.82 Å². The van der Waals surface area contributed by atoms with Crippen LogP contribution in [0.2, 0.25) is 0 Å². The van der Waals surface area contributed by atoms with Gasteiger partial charge in [0, 0.05) is 29.6 Å². The molecule has 134 valence electrons. The van der Waals surface area contributed by atoms with Crippen LogP contribution in [-0.4, -0.2) is 21.3 Å². The van der Waals surface area contributed by atoms with Gasteiger partial charge in [-0.15, -0.1) is 0 Å². The van der Waals surface area contributed by atoms with E-state index in [0.29, 0.717) is 11.5 Å². The molecule has 0 atom stereocenters. The second-order valence-corrected chi connectivity index (χ2v) is 5.58. The van der Waals surface area contributed by atoms with E-state index in [9.17, 15) is 4.39 Å². The smallest absolute Gasteiger partial charge is 0.124 e. The summed E-state index contributed by atoms with van der Waals surface area (Å²) in [6, 6.07) is 19.6. The van der Waals surface area contributed by atoms with Crippen molar-refractivity contribution >= 4 is 17.1 Å². The first-order chi connectivity index (χ1) is 12.6. The zero-order valence-electron chi connectivity index (χ0n) is 14.9. The number of ether oxygens (including phenoxy) is 3. The fourth-order valence-electron chi connectivity index (χ4n) is 2.69. The summed E-state index contributed by atoms with van der Waals surface area (Å²) in [4.78, 5) is 1.99. The van der Waals surface area contributed by atoms with Gasteiger partial charge in [0.25, 0.3) is 0 Å². The third-order valence-electron chi connectivity index (χ3n) is 4.01. The van der Waals surface area contributed by atoms with Crippen LogP contribution in [0.4, 0.5) is 21.5 Å². The standard InChI is InChI=1S/C21H20FNO3/c1-24-19-10-8-17(9-11-19)23(16-6-4-15(22)5-7-16)18-12-20(25-2)14-21(13-18)26-3/h4-14H,1-3H3. The van der Waals surface area contributed by atoms with Crippen LogP contribution in [0.5, 0.6) is 17.2 Å². The molecule has 0 aliphatic carbocycles. The lowest BCUT2D eigenvalue weighted by Crippen LogP contribution is -2.10. The van der Waals surface area contributed by atoms with Gasteiger partial charge in [-0.1, -0.05) is 0 Å². The van der Waals surface area contributed by atoms with E-state index in [1.54, 1.807) is 39.5 Å². The minimum Gasteiger partial charge on any atom is -0.497 e. The van der Waals surface area contributed by atoms with Crippen LogP contribution in [0.3, 0.4) is 0 Å². The molecule has 0 aliphatic heterocycles. The van der Waals surface area contributed by atoms with Gasteiger partial charge in [-0.25, -0.2) is 4.39 Å². The lowest BCUT2D eigenvalue weighted by molar-refractivity contribution is 0.394. The summed E-state index contributed by atoms with van der Waals surface area (Å²) in [7, 11) is 4.84. The number of halogens is 1. The first-order valence-corrected chi connectivity index (χ1v) is 8.07. The van der Waals surface area contributed by atoms with Crippen molar-refractivity contribution in [2.75, 3.05) is 26.2 Å². The number of hydrogen-bond donors (Lipinski definition) is 0. The van der Waals surface area contributed by atoms with E-state index in [2.05, 4.69) is 0 Å². The van der Waals surface area contributed by atoms with E-state index < -0.39 is 0 Å². The number of nitrogens with zero attached hydrogens (tertiary/aromatic N) is 1. The molecule has 3 aromatic carbocycles. The number of benzene rings is 3. The molecule has 0 fully saturated rings. The molecule has 0 bridgehead atoms. The van der Waals surface area contributed by atoms with Gasteiger partial charge in [0.2, 0.25) is 0 Å². The molecule has 0 amide bonds. The maximum absolute atomic E-state index is 13.4. The van der Waals surface area contributed by atoms with Crippen LogP contribution in [0.15, 0.2) is 66.7 Å². The van der Waals surface area contributed by atoms with Crippen LogP contribution in [0.25, 0.3) is 0 Å². The third kappa shape index (κ3) is 3.72. The predicted molar refractivity (Wildman–Crippen MR) is 101 cm³/mol. The normalized spacial score (nSPS) is 10.3. The molecule has 0 N–H and O–H groups in total. The zero-order valence-corrected chi connectivity index (χ0v) is 14.9. The topological polar surface area (TPSA) is 30.9 Å². The summed E-state index contributed by atoms with van der Waals surface area (Å²) in [6.07, 6.45) is 0. The Labute approximate surface area is 152 Å². The average molecular weight is 353 g/mol. The molecule has 0 saturated heterocycles. The first-order valence-electron chi connectivity index (χ1n) is 8.07. The van der Waals surface area contributed by atoms with Crippen LogP contribution < -0.4 is 19.1 Å². The average Bonchev–Trinajstić information content (AvgIpc) is 2.70. The molecule has 3 aromatic rings. The van der Waals surface area contributed by atoms with Crippen molar-refractivity contribution in [3.05, 3.63) is 72.5 Å². The summed E-state index contributed by atoms with van der Waals surface area (Å²) >= 11 is 0. The molecule has 0 unspecified atom stereocenters. The highest BCUT2D eigenvalue weighted by atomic mass is 19.1. The van der Waals surface area contributed by atoms with Gasteiger partial charge in [0.05, 0.1) is 27.0 Å². The maximum atomic E-state index is 13.4. The molecule has 26 heavy (non-hydrogen) atoms. The summed E-state index contributed by atoms with van der Waals surface area (Å²) in [5, 5.41) is 0. The Hall–Kier alpha value is -3.21. The van der Waals surface area contributed by atoms with Crippen molar-refractivity contribution in [2.45, 2.75) is 0 Å². The Bertz CT molecular complexity index is 841. The Kier molecular flexibility index (Phi) is 5.27. The van der Waals surface area contributed by atoms with Crippen LogP contribution in [-0.2, 0) is 0 Å². The molecule has 0 radical (unpaired) electrons. The number of anilines is 3. The van der Waals surface area contributed by atoms with Crippen molar-refractivity contribution in [3.63, 3.8) is 0 Å². The summed E-state index contributed by atoms with van der Waals surface area (Å²) < 4.78 is 29.4. The first kappa shape index (κ1) is 17.6. The minimum absolute atomic E-state index is 0.286. The van der Waals surface area contributed by atoms with Crippen molar-refractivity contribution in [1.82, 2.24) is 0 Å². The number of rotatable bonds is 6. The van der Waals surface area contributed by atoms with Gasteiger partial charge < -0.3 is 19.1 Å². The third-order valence-corrected chi connectivity index (χ3v) is 4.01. The Morgan fingerprint density at radius 1 is 0.577 bits per heavy atom. The summed E-state index contributed by atoms with van der Waals surface area (Å²) in [5.74, 6) is 1.81. The largest absolute Gasteiger partial charge is 0.497 e.